The molecule has 0 radical (unpaired) electrons. The zero-order chi connectivity index (χ0) is 20.1. The first kappa shape index (κ1) is 20.2. The Bertz CT molecular complexity index is 694. The van der Waals surface area contributed by atoms with Crippen molar-refractivity contribution in [2.45, 2.75) is 82.1 Å². The van der Waals surface area contributed by atoms with Crippen LogP contribution >= 0.6 is 0 Å². The summed E-state index contributed by atoms with van der Waals surface area (Å²) in [5.41, 5.74) is 4.74. The fourth-order valence-electron chi connectivity index (χ4n) is 4.66. The topological polar surface area (TPSA) is 64.5 Å². The smallest absolute Gasteiger partial charge is 0.0741 e. The van der Waals surface area contributed by atoms with E-state index in [1.807, 2.05) is 0 Å². The van der Waals surface area contributed by atoms with E-state index in [0.29, 0.717) is 0 Å². The van der Waals surface area contributed by atoms with E-state index >= 15 is 0 Å². The van der Waals surface area contributed by atoms with Crippen molar-refractivity contribution in [3.05, 3.63) is 59.7 Å². The van der Waals surface area contributed by atoms with Crippen molar-refractivity contribution in [2.75, 3.05) is 10.6 Å². The van der Waals surface area contributed by atoms with Crippen molar-refractivity contribution >= 4 is 11.4 Å². The van der Waals surface area contributed by atoms with Crippen molar-refractivity contribution in [1.29, 1.82) is 0 Å². The molecule has 0 aromatic heterocycles. The standard InChI is InChI=1S/C25H34N2O2/c28-24-7-3-1-5-22(24)26-20-13-9-18(10-14-20)17-19-11-15-21(16-12-19)27-23-6-2-4-8-25(23)29/h9-16,22-29H,1-8,17H2/t22-,23+,24-,25+. The van der Waals surface area contributed by atoms with E-state index in [0.717, 1.165) is 56.3 Å². The highest BCUT2D eigenvalue weighted by Crippen LogP contribution is 2.24. The minimum atomic E-state index is -0.231. The lowest BCUT2D eigenvalue weighted by atomic mass is 9.92. The van der Waals surface area contributed by atoms with Gasteiger partial charge in [0.05, 0.1) is 24.3 Å². The molecule has 0 bridgehead atoms. The van der Waals surface area contributed by atoms with Gasteiger partial charge in [-0.25, -0.2) is 0 Å². The summed E-state index contributed by atoms with van der Waals surface area (Å²) < 4.78 is 0. The Morgan fingerprint density at radius 1 is 0.586 bits per heavy atom. The molecular formula is C25H34N2O2. The number of aliphatic hydroxyl groups excluding tert-OH is 2. The molecule has 0 heterocycles. The molecular weight excluding hydrogens is 360 g/mol. The van der Waals surface area contributed by atoms with E-state index in [2.05, 4.69) is 59.2 Å². The quantitative estimate of drug-likeness (QED) is 0.573. The first-order valence-corrected chi connectivity index (χ1v) is 11.2. The van der Waals surface area contributed by atoms with Gasteiger partial charge in [-0.15, -0.1) is 0 Å². The lowest BCUT2D eigenvalue weighted by Crippen LogP contribution is -2.36. The summed E-state index contributed by atoms with van der Waals surface area (Å²) in [4.78, 5) is 0. The summed E-state index contributed by atoms with van der Waals surface area (Å²) in [5.74, 6) is 0. The van der Waals surface area contributed by atoms with Gasteiger partial charge >= 0.3 is 0 Å². The summed E-state index contributed by atoms with van der Waals surface area (Å²) in [6.07, 6.45) is 8.98. The molecule has 4 rings (SSSR count). The summed E-state index contributed by atoms with van der Waals surface area (Å²) >= 11 is 0. The van der Waals surface area contributed by atoms with Crippen LogP contribution in [-0.2, 0) is 6.42 Å². The van der Waals surface area contributed by atoms with E-state index < -0.39 is 0 Å². The number of hydrogen-bond acceptors (Lipinski definition) is 4. The van der Waals surface area contributed by atoms with Crippen molar-refractivity contribution in [3.8, 4) is 0 Å². The van der Waals surface area contributed by atoms with E-state index in [4.69, 9.17) is 0 Å². The van der Waals surface area contributed by atoms with Gasteiger partial charge in [-0.3, -0.25) is 0 Å². The van der Waals surface area contributed by atoms with Crippen LogP contribution in [0.15, 0.2) is 48.5 Å². The third kappa shape index (κ3) is 5.52. The largest absolute Gasteiger partial charge is 0.391 e. The molecule has 2 aliphatic rings. The average Bonchev–Trinajstić information content (AvgIpc) is 2.74. The average molecular weight is 395 g/mol. The molecule has 0 saturated heterocycles. The molecule has 2 fully saturated rings. The Morgan fingerprint density at radius 3 is 1.34 bits per heavy atom. The van der Waals surface area contributed by atoms with Crippen LogP contribution < -0.4 is 10.6 Å². The van der Waals surface area contributed by atoms with Crippen LogP contribution in [0.5, 0.6) is 0 Å². The maximum atomic E-state index is 10.1. The van der Waals surface area contributed by atoms with Crippen LogP contribution in [0.2, 0.25) is 0 Å². The van der Waals surface area contributed by atoms with Gasteiger partial charge in [0.1, 0.15) is 0 Å². The normalized spacial score (nSPS) is 27.4. The predicted octanol–water partition coefficient (Wildman–Crippen LogP) is 4.71. The lowest BCUT2D eigenvalue weighted by molar-refractivity contribution is 0.116. The molecule has 156 valence electrons. The molecule has 2 aromatic carbocycles. The van der Waals surface area contributed by atoms with E-state index in [1.165, 1.54) is 24.0 Å². The van der Waals surface area contributed by atoms with Crippen LogP contribution in [0.1, 0.15) is 62.5 Å². The highest BCUT2D eigenvalue weighted by Gasteiger charge is 2.23. The number of rotatable bonds is 6. The van der Waals surface area contributed by atoms with Crippen LogP contribution in [0, 0.1) is 0 Å². The van der Waals surface area contributed by atoms with Gasteiger partial charge in [0.25, 0.3) is 0 Å². The molecule has 4 nitrogen and oxygen atoms in total. The molecule has 0 unspecified atom stereocenters. The second kappa shape index (κ2) is 9.64. The zero-order valence-corrected chi connectivity index (χ0v) is 17.2. The molecule has 2 aromatic rings. The number of aliphatic hydroxyl groups is 2. The number of nitrogens with one attached hydrogen (secondary N) is 2. The Morgan fingerprint density at radius 2 is 0.966 bits per heavy atom. The predicted molar refractivity (Wildman–Crippen MR) is 119 cm³/mol. The molecule has 0 spiro atoms. The number of anilines is 2. The molecule has 4 atom stereocenters. The minimum absolute atomic E-state index is 0.178. The Hall–Kier alpha value is -2.04. The zero-order valence-electron chi connectivity index (χ0n) is 17.2. The van der Waals surface area contributed by atoms with Crippen molar-refractivity contribution < 1.29 is 10.2 Å². The fourth-order valence-corrected chi connectivity index (χ4v) is 4.66. The molecule has 4 heteroatoms. The van der Waals surface area contributed by atoms with E-state index in [9.17, 15) is 10.2 Å². The van der Waals surface area contributed by atoms with Gasteiger partial charge in [-0.1, -0.05) is 49.9 Å². The Kier molecular flexibility index (Phi) is 6.73. The molecule has 0 amide bonds. The lowest BCUT2D eigenvalue weighted by Gasteiger charge is -2.29. The third-order valence-corrected chi connectivity index (χ3v) is 6.48. The molecule has 0 aliphatic heterocycles. The highest BCUT2D eigenvalue weighted by atomic mass is 16.3. The van der Waals surface area contributed by atoms with Crippen molar-refractivity contribution in [1.82, 2.24) is 0 Å². The van der Waals surface area contributed by atoms with Crippen LogP contribution in [-0.4, -0.2) is 34.5 Å². The second-order valence-electron chi connectivity index (χ2n) is 8.78. The summed E-state index contributed by atoms with van der Waals surface area (Å²) in [5, 5.41) is 27.3. The Labute approximate surface area is 174 Å². The maximum Gasteiger partial charge on any atom is 0.0741 e. The Balaban J connectivity index is 1.30. The van der Waals surface area contributed by atoms with Gasteiger partial charge in [-0.2, -0.15) is 0 Å². The first-order chi connectivity index (χ1) is 14.2. The summed E-state index contributed by atoms with van der Waals surface area (Å²) in [6, 6.07) is 17.5. The van der Waals surface area contributed by atoms with E-state index in [1.54, 1.807) is 0 Å². The van der Waals surface area contributed by atoms with Gasteiger partial charge in [0.15, 0.2) is 0 Å². The van der Waals surface area contributed by atoms with Crippen molar-refractivity contribution in [2.24, 2.45) is 0 Å². The van der Waals surface area contributed by atoms with Crippen molar-refractivity contribution in [3.63, 3.8) is 0 Å². The van der Waals surface area contributed by atoms with Gasteiger partial charge in [0.2, 0.25) is 0 Å². The first-order valence-electron chi connectivity index (χ1n) is 11.2. The van der Waals surface area contributed by atoms with Crippen LogP contribution in [0.25, 0.3) is 0 Å². The highest BCUT2D eigenvalue weighted by molar-refractivity contribution is 5.48. The fraction of sp³-hybridized carbons (Fsp3) is 0.520. The minimum Gasteiger partial charge on any atom is -0.391 e. The molecule has 2 saturated carbocycles. The van der Waals surface area contributed by atoms with Crippen LogP contribution in [0.4, 0.5) is 11.4 Å². The van der Waals surface area contributed by atoms with E-state index in [-0.39, 0.29) is 24.3 Å². The second-order valence-corrected chi connectivity index (χ2v) is 8.78. The maximum absolute atomic E-state index is 10.1. The number of hydrogen-bond donors (Lipinski definition) is 4. The molecule has 4 N–H and O–H groups in total. The summed E-state index contributed by atoms with van der Waals surface area (Å²) in [7, 11) is 0. The van der Waals surface area contributed by atoms with Gasteiger partial charge < -0.3 is 20.8 Å². The molecule has 2 aliphatic carbocycles. The molecule has 29 heavy (non-hydrogen) atoms. The van der Waals surface area contributed by atoms with Gasteiger partial charge in [-0.05, 0) is 67.5 Å². The monoisotopic (exact) mass is 394 g/mol. The third-order valence-electron chi connectivity index (χ3n) is 6.48. The number of benzene rings is 2. The summed E-state index contributed by atoms with van der Waals surface area (Å²) in [6.45, 7) is 0. The SMILES string of the molecule is O[C@@H]1CCCC[C@H]1Nc1ccc(Cc2ccc(N[C@H]3CCCC[C@@H]3O)cc2)cc1. The van der Waals surface area contributed by atoms with Gasteiger partial charge in [0, 0.05) is 11.4 Å². The van der Waals surface area contributed by atoms with Crippen LogP contribution in [0.3, 0.4) is 0 Å².